The van der Waals surface area contributed by atoms with E-state index >= 15 is 0 Å². The van der Waals surface area contributed by atoms with Crippen molar-refractivity contribution >= 4 is 70.0 Å². The lowest BCUT2D eigenvalue weighted by Gasteiger charge is -2.27. The third kappa shape index (κ3) is 14.4. The van der Waals surface area contributed by atoms with E-state index in [0.717, 1.165) is 11.1 Å². The zero-order valence-corrected chi connectivity index (χ0v) is 39.6. The Morgan fingerprint density at radius 1 is 0.577 bits per heavy atom. The molecule has 3 heterocycles. The second-order valence-corrected chi connectivity index (χ2v) is 18.5. The minimum Gasteiger partial charge on any atom is -0.480 e. The van der Waals surface area contributed by atoms with Gasteiger partial charge < -0.3 is 47.2 Å². The van der Waals surface area contributed by atoms with Gasteiger partial charge in [-0.3, -0.25) is 28.8 Å². The molecule has 0 fully saturated rings. The van der Waals surface area contributed by atoms with E-state index in [1.165, 1.54) is 35.6 Å². The number of amides is 6. The Bertz CT molecular complexity index is 2800. The van der Waals surface area contributed by atoms with Crippen molar-refractivity contribution in [3.63, 3.8) is 0 Å². The number of benzene rings is 5. The molecule has 8 rings (SSSR count). The molecule has 0 aliphatic carbocycles. The molecule has 6 amide bonds. The SMILES string of the molecule is O=C(O)[C@H](Cc1ccccc1)NC(=O)[C@@H]1Cc2ccc(cc2)NC(=O)[C@H](O)[C@@H](O)C(=O)N[C@H](Cc2cccs2)C(=O)N[C@@H](Cc2ccc(-c3ccc(Cl)cc3)cc2)C(=O)N[C@H](Cc2ccccc2)C(=O)N1. The van der Waals surface area contributed by atoms with E-state index in [1.807, 2.05) is 24.3 Å². The first-order chi connectivity index (χ1) is 34.2. The van der Waals surface area contributed by atoms with Crippen LogP contribution in [0.4, 0.5) is 5.69 Å². The maximum atomic E-state index is 14.8. The van der Waals surface area contributed by atoms with Crippen LogP contribution in [0.2, 0.25) is 5.02 Å². The number of fused-ring (bicyclic) bond motifs is 18. The molecular formula is C53H51ClN6O10S. The first-order valence-electron chi connectivity index (χ1n) is 22.6. The van der Waals surface area contributed by atoms with Crippen molar-refractivity contribution in [3.05, 3.63) is 183 Å². The van der Waals surface area contributed by atoms with Crippen LogP contribution in [0.25, 0.3) is 11.1 Å². The van der Waals surface area contributed by atoms with Gasteiger partial charge in [-0.2, -0.15) is 0 Å². The molecule has 366 valence electrons. The highest BCUT2D eigenvalue weighted by Gasteiger charge is 2.36. The summed E-state index contributed by atoms with van der Waals surface area (Å²) >= 11 is 7.39. The standard InChI is InChI=1S/C53H51ClN6O10S/c54-37-21-19-36(20-22-37)35-17-13-33(14-18-35)27-41-48(64)56-40(26-31-8-3-1-4-9-31)47(63)57-42(49(65)60-44(53(69)70)29-32-10-5-2-6-11-32)28-34-15-23-38(24-16-34)55-51(67)45(61)46(62)52(68)59-43(50(66)58-41)30-39-12-7-25-71-39/h1-25,40-46,61-62H,26-30H2,(H,55,67)(H,56,64)(H,57,63)(H,58,66)(H,59,68)(H,60,65)(H,69,70)/t40-,41+,42+,43-,44+,45-,46-/m1/s1. The number of anilines is 1. The minimum absolute atomic E-state index is 0.0729. The van der Waals surface area contributed by atoms with Gasteiger partial charge in [0.1, 0.15) is 30.2 Å². The number of hydrogen-bond donors (Lipinski definition) is 9. The van der Waals surface area contributed by atoms with E-state index in [2.05, 4.69) is 31.9 Å². The number of aliphatic hydroxyl groups is 2. The zero-order valence-electron chi connectivity index (χ0n) is 38.0. The molecule has 18 heteroatoms. The fourth-order valence-corrected chi connectivity index (χ4v) is 8.77. The van der Waals surface area contributed by atoms with Gasteiger partial charge in [-0.05, 0) is 69.1 Å². The Labute approximate surface area is 417 Å². The van der Waals surface area contributed by atoms with Gasteiger partial charge in [0.2, 0.25) is 23.6 Å². The van der Waals surface area contributed by atoms with Gasteiger partial charge in [0, 0.05) is 47.7 Å². The predicted molar refractivity (Wildman–Crippen MR) is 267 cm³/mol. The zero-order chi connectivity index (χ0) is 50.4. The Hall–Kier alpha value is -7.70. The second-order valence-electron chi connectivity index (χ2n) is 17.0. The Morgan fingerprint density at radius 3 is 1.65 bits per heavy atom. The van der Waals surface area contributed by atoms with Crippen molar-refractivity contribution in [2.24, 2.45) is 0 Å². The molecule has 0 spiro atoms. The third-order valence-corrected chi connectivity index (χ3v) is 12.9. The number of aliphatic carboxylic acids is 1. The maximum absolute atomic E-state index is 14.8. The number of hydrogen-bond acceptors (Lipinski definition) is 10. The Balaban J connectivity index is 1.26. The Morgan fingerprint density at radius 2 is 1.08 bits per heavy atom. The minimum atomic E-state index is -2.34. The molecule has 71 heavy (non-hydrogen) atoms. The number of carbonyl (C=O) groups is 7. The normalized spacial score (nSPS) is 20.7. The van der Waals surface area contributed by atoms with Gasteiger partial charge in [-0.1, -0.05) is 127 Å². The van der Waals surface area contributed by atoms with E-state index in [9.17, 15) is 48.9 Å². The number of halogens is 1. The highest BCUT2D eigenvalue weighted by molar-refractivity contribution is 7.09. The van der Waals surface area contributed by atoms with Crippen molar-refractivity contribution < 1.29 is 48.9 Å². The van der Waals surface area contributed by atoms with Crippen molar-refractivity contribution in [3.8, 4) is 11.1 Å². The van der Waals surface area contributed by atoms with Crippen molar-refractivity contribution in [2.75, 3.05) is 5.32 Å². The summed E-state index contributed by atoms with van der Waals surface area (Å²) in [7, 11) is 0. The lowest BCUT2D eigenvalue weighted by atomic mass is 9.98. The second kappa shape index (κ2) is 24.2. The van der Waals surface area contributed by atoms with Crippen LogP contribution >= 0.6 is 22.9 Å². The predicted octanol–water partition coefficient (Wildman–Crippen LogP) is 3.76. The topological polar surface area (TPSA) is 252 Å². The van der Waals surface area contributed by atoms with Crippen LogP contribution in [-0.2, 0) is 65.7 Å². The monoisotopic (exact) mass is 998 g/mol. The molecule has 0 unspecified atom stereocenters. The molecule has 0 saturated carbocycles. The van der Waals surface area contributed by atoms with Crippen LogP contribution in [-0.4, -0.2) is 99.1 Å². The summed E-state index contributed by atoms with van der Waals surface area (Å²) in [4.78, 5) is 98.1. The van der Waals surface area contributed by atoms with Crippen LogP contribution in [0, 0.1) is 0 Å². The van der Waals surface area contributed by atoms with Crippen molar-refractivity contribution in [1.29, 1.82) is 0 Å². The van der Waals surface area contributed by atoms with E-state index in [-0.39, 0.29) is 37.8 Å². The van der Waals surface area contributed by atoms with Crippen molar-refractivity contribution in [1.82, 2.24) is 26.6 Å². The summed E-state index contributed by atoms with van der Waals surface area (Å²) in [5, 5.41) is 50.1. The summed E-state index contributed by atoms with van der Waals surface area (Å²) < 4.78 is 0. The third-order valence-electron chi connectivity index (χ3n) is 11.8. The number of carboxylic acids is 1. The van der Waals surface area contributed by atoms with Crippen LogP contribution < -0.4 is 31.9 Å². The van der Waals surface area contributed by atoms with Gasteiger partial charge in [-0.15, -0.1) is 11.3 Å². The fourth-order valence-electron chi connectivity index (χ4n) is 7.89. The molecule has 1 aromatic heterocycles. The van der Waals surface area contributed by atoms with Crippen LogP contribution in [0.1, 0.15) is 27.1 Å². The van der Waals surface area contributed by atoms with E-state index < -0.39 is 83.8 Å². The molecule has 9 N–H and O–H groups in total. The Kier molecular flexibility index (Phi) is 17.5. The number of rotatable bonds is 12. The summed E-state index contributed by atoms with van der Waals surface area (Å²) in [5.74, 6) is -7.07. The van der Waals surface area contributed by atoms with E-state index in [0.29, 0.717) is 32.2 Å². The summed E-state index contributed by atoms with van der Waals surface area (Å²) in [6.45, 7) is 0. The molecule has 16 nitrogen and oxygen atoms in total. The summed E-state index contributed by atoms with van der Waals surface area (Å²) in [6.07, 6.45) is -5.24. The first-order valence-corrected chi connectivity index (χ1v) is 23.9. The quantitative estimate of drug-likeness (QED) is 0.0803. The molecule has 0 saturated heterocycles. The van der Waals surface area contributed by atoms with E-state index in [4.69, 9.17) is 11.6 Å². The average molecular weight is 1000 g/mol. The van der Waals surface area contributed by atoms with Gasteiger partial charge >= 0.3 is 5.97 Å². The highest BCUT2D eigenvalue weighted by Crippen LogP contribution is 2.23. The number of nitrogens with one attached hydrogen (secondary N) is 6. The number of carboxylic acid groups (broad SMARTS) is 1. The molecule has 7 atom stereocenters. The van der Waals surface area contributed by atoms with Crippen molar-refractivity contribution in [2.45, 2.75) is 74.5 Å². The number of carbonyl (C=O) groups excluding carboxylic acids is 6. The molecule has 2 aliphatic heterocycles. The van der Waals surface area contributed by atoms with Crippen LogP contribution in [0.5, 0.6) is 0 Å². The smallest absolute Gasteiger partial charge is 0.326 e. The molecule has 5 aromatic carbocycles. The van der Waals surface area contributed by atoms with Gasteiger partial charge in [0.05, 0.1) is 0 Å². The average Bonchev–Trinajstić information content (AvgIpc) is 3.89. The largest absolute Gasteiger partial charge is 0.480 e. The van der Waals surface area contributed by atoms with Crippen LogP contribution in [0.15, 0.2) is 151 Å². The van der Waals surface area contributed by atoms with Crippen LogP contribution in [0.3, 0.4) is 0 Å². The highest BCUT2D eigenvalue weighted by atomic mass is 35.5. The van der Waals surface area contributed by atoms with Gasteiger partial charge in [0.15, 0.2) is 12.2 Å². The number of aliphatic hydroxyl groups excluding tert-OH is 2. The first kappa shape index (κ1) is 51.2. The lowest BCUT2D eigenvalue weighted by molar-refractivity contribution is -0.144. The summed E-state index contributed by atoms with van der Waals surface area (Å²) in [6, 6.07) is 34.1. The lowest BCUT2D eigenvalue weighted by Crippen LogP contribution is -2.60. The molecular weight excluding hydrogens is 948 g/mol. The molecule has 2 bridgehead atoms. The number of thiophene rings is 1. The molecule has 2 aliphatic rings. The summed E-state index contributed by atoms with van der Waals surface area (Å²) in [5.41, 5.74) is 4.12. The molecule has 6 aromatic rings. The van der Waals surface area contributed by atoms with Gasteiger partial charge in [-0.25, -0.2) is 4.79 Å². The van der Waals surface area contributed by atoms with Gasteiger partial charge in [0.25, 0.3) is 11.8 Å². The van der Waals surface area contributed by atoms with E-state index in [1.54, 1.807) is 102 Å². The molecule has 0 radical (unpaired) electrons. The fraction of sp³-hybridized carbons (Fsp3) is 0.226. The maximum Gasteiger partial charge on any atom is 0.326 e.